The van der Waals surface area contributed by atoms with Crippen LogP contribution in [0.15, 0.2) is 68.8 Å². The Morgan fingerprint density at radius 1 is 1.09 bits per heavy atom. The fourth-order valence-corrected chi connectivity index (χ4v) is 6.50. The minimum Gasteiger partial charge on any atom is -0.444 e. The molecule has 1 N–H and O–H groups in total. The topological polar surface area (TPSA) is 137 Å². The molecule has 0 fully saturated rings. The molecule has 0 aliphatic heterocycles. The molecule has 0 spiro atoms. The van der Waals surface area contributed by atoms with E-state index in [0.29, 0.717) is 12.1 Å². The summed E-state index contributed by atoms with van der Waals surface area (Å²) in [5, 5.41) is 6.90. The number of hydrogen-bond donors (Lipinski definition) is 1. The van der Waals surface area contributed by atoms with Crippen LogP contribution in [0.1, 0.15) is 69.2 Å². The number of fused-ring (bicyclic) bond motifs is 1. The maximum Gasteiger partial charge on any atom is 0.407 e. The molecule has 4 aromatic rings. The smallest absolute Gasteiger partial charge is 0.407 e. The number of rotatable bonds is 11. The quantitative estimate of drug-likeness (QED) is 0.232. The molecule has 0 aliphatic rings. The highest BCUT2D eigenvalue weighted by molar-refractivity contribution is 7.89. The first-order chi connectivity index (χ1) is 20.3. The summed E-state index contributed by atoms with van der Waals surface area (Å²) in [4.78, 5) is 30.9. The summed E-state index contributed by atoms with van der Waals surface area (Å²) in [6, 6.07) is 15.2. The van der Waals surface area contributed by atoms with Crippen LogP contribution < -0.4 is 10.9 Å². The van der Waals surface area contributed by atoms with E-state index in [1.807, 2.05) is 44.2 Å². The molecule has 43 heavy (non-hydrogen) atoms. The number of nitrogens with zero attached hydrogens (tertiary/aromatic N) is 4. The van der Waals surface area contributed by atoms with Crippen molar-refractivity contribution in [1.29, 1.82) is 0 Å². The number of amides is 1. The van der Waals surface area contributed by atoms with E-state index >= 15 is 0 Å². The number of ether oxygens (including phenoxy) is 1. The second-order valence-corrected chi connectivity index (χ2v) is 13.3. The Morgan fingerprint density at radius 2 is 1.77 bits per heavy atom. The zero-order chi connectivity index (χ0) is 31.4. The molecular weight excluding hydrogens is 570 g/mol. The predicted octanol–water partition coefficient (Wildman–Crippen LogP) is 5.11. The highest BCUT2D eigenvalue weighted by Gasteiger charge is 2.35. The molecule has 0 radical (unpaired) electrons. The first-order valence-corrected chi connectivity index (χ1v) is 15.7. The first kappa shape index (κ1) is 31.9. The maximum absolute atomic E-state index is 14.2. The molecule has 2 heterocycles. The van der Waals surface area contributed by atoms with Crippen molar-refractivity contribution in [3.63, 3.8) is 0 Å². The second-order valence-electron chi connectivity index (χ2n) is 11.4. The molecule has 2 aromatic carbocycles. The number of benzene rings is 2. The maximum atomic E-state index is 14.2. The predicted molar refractivity (Wildman–Crippen MR) is 163 cm³/mol. The van der Waals surface area contributed by atoms with Gasteiger partial charge in [0.25, 0.3) is 11.3 Å². The normalized spacial score (nSPS) is 12.9. The highest BCUT2D eigenvalue weighted by Crippen LogP contribution is 2.31. The summed E-state index contributed by atoms with van der Waals surface area (Å²) in [5.41, 5.74) is 1.21. The third-order valence-corrected chi connectivity index (χ3v) is 8.79. The van der Waals surface area contributed by atoms with Gasteiger partial charge in [0.2, 0.25) is 10.0 Å². The summed E-state index contributed by atoms with van der Waals surface area (Å²) in [5.74, 6) is 0.246. The van der Waals surface area contributed by atoms with Gasteiger partial charge in [-0.15, -0.1) is 0 Å². The number of alkyl carbamates (subject to hydrolysis) is 1. The second kappa shape index (κ2) is 13.1. The van der Waals surface area contributed by atoms with Gasteiger partial charge in [-0.1, -0.05) is 60.1 Å². The Kier molecular flexibility index (Phi) is 9.71. The van der Waals surface area contributed by atoms with Crippen molar-refractivity contribution in [3.8, 4) is 0 Å². The van der Waals surface area contributed by atoms with Crippen LogP contribution in [0.2, 0.25) is 0 Å². The molecule has 230 valence electrons. The van der Waals surface area contributed by atoms with Crippen molar-refractivity contribution in [1.82, 2.24) is 24.3 Å². The third kappa shape index (κ3) is 7.49. The Labute approximate surface area is 251 Å². The minimum atomic E-state index is -4.07. The standard InChI is InChI=1S/C31H39N5O6S/c1-7-25(27-33-28-26(22(3)34-42-28)29(37)35(27)20-23-12-9-8-10-13-23)36(19-11-18-32-30(38)41-31(4,5)6)43(39,40)24-16-14-21(2)15-17-24/h8-10,12-17,25H,7,11,18-20H2,1-6H3,(H,32,38). The number of sulfonamides is 1. The van der Waals surface area contributed by atoms with Crippen LogP contribution in [0.4, 0.5) is 4.79 Å². The summed E-state index contributed by atoms with van der Waals surface area (Å²) in [6.07, 6.45) is 0.00897. The van der Waals surface area contributed by atoms with Crippen molar-refractivity contribution in [2.45, 2.75) is 77.5 Å². The van der Waals surface area contributed by atoms with Gasteiger partial charge in [-0.3, -0.25) is 9.36 Å². The van der Waals surface area contributed by atoms with E-state index < -0.39 is 27.8 Å². The average Bonchev–Trinajstić information content (AvgIpc) is 3.32. The zero-order valence-corrected chi connectivity index (χ0v) is 26.3. The van der Waals surface area contributed by atoms with Crippen LogP contribution in [-0.4, -0.2) is 52.2 Å². The van der Waals surface area contributed by atoms with Gasteiger partial charge < -0.3 is 14.6 Å². The average molecular weight is 610 g/mol. The number of nitrogens with one attached hydrogen (secondary N) is 1. The number of carbonyl (C=O) groups excluding carboxylic acids is 1. The van der Waals surface area contributed by atoms with E-state index in [-0.39, 0.29) is 53.4 Å². The van der Waals surface area contributed by atoms with Gasteiger partial charge in [0, 0.05) is 13.1 Å². The fraction of sp³-hybridized carbons (Fsp3) is 0.419. The number of hydrogen-bond acceptors (Lipinski definition) is 8. The first-order valence-electron chi connectivity index (χ1n) is 14.3. The molecule has 0 bridgehead atoms. The van der Waals surface area contributed by atoms with Crippen LogP contribution in [-0.2, 0) is 21.3 Å². The molecule has 4 rings (SSSR count). The Morgan fingerprint density at radius 3 is 2.40 bits per heavy atom. The van der Waals surface area contributed by atoms with Gasteiger partial charge in [-0.05, 0) is 65.2 Å². The molecule has 1 atom stereocenters. The van der Waals surface area contributed by atoms with E-state index in [1.165, 1.54) is 8.87 Å². The molecule has 1 amide bonds. The van der Waals surface area contributed by atoms with Crippen LogP contribution in [0.3, 0.4) is 0 Å². The van der Waals surface area contributed by atoms with Gasteiger partial charge >= 0.3 is 6.09 Å². The molecular formula is C31H39N5O6S. The van der Waals surface area contributed by atoms with Crippen LogP contribution in [0.5, 0.6) is 0 Å². The van der Waals surface area contributed by atoms with Gasteiger partial charge in [0.15, 0.2) is 0 Å². The van der Waals surface area contributed by atoms with E-state index in [1.54, 1.807) is 52.0 Å². The van der Waals surface area contributed by atoms with Crippen molar-refractivity contribution >= 4 is 27.2 Å². The summed E-state index contributed by atoms with van der Waals surface area (Å²) < 4.78 is 42.0. The fourth-order valence-electron chi connectivity index (χ4n) is 4.80. The zero-order valence-electron chi connectivity index (χ0n) is 25.5. The van der Waals surface area contributed by atoms with Gasteiger partial charge in [0.05, 0.1) is 23.2 Å². The molecule has 0 aliphatic carbocycles. The molecule has 1 unspecified atom stereocenters. The number of carbonyl (C=O) groups is 1. The number of aromatic nitrogens is 3. The van der Waals surface area contributed by atoms with Crippen molar-refractivity contribution in [2.24, 2.45) is 0 Å². The molecule has 11 nitrogen and oxygen atoms in total. The largest absolute Gasteiger partial charge is 0.444 e. The summed E-state index contributed by atoms with van der Waals surface area (Å²) in [6.45, 7) is 11.1. The highest BCUT2D eigenvalue weighted by atomic mass is 32.2. The number of aryl methyl sites for hydroxylation is 2. The van der Waals surface area contributed by atoms with Crippen LogP contribution in [0, 0.1) is 13.8 Å². The van der Waals surface area contributed by atoms with Gasteiger partial charge in [-0.25, -0.2) is 13.2 Å². The Bertz CT molecular complexity index is 1720. The lowest BCUT2D eigenvalue weighted by Gasteiger charge is -2.31. The summed E-state index contributed by atoms with van der Waals surface area (Å²) >= 11 is 0. The lowest BCUT2D eigenvalue weighted by Crippen LogP contribution is -2.40. The summed E-state index contributed by atoms with van der Waals surface area (Å²) in [7, 11) is -4.07. The third-order valence-electron chi connectivity index (χ3n) is 6.86. The lowest BCUT2D eigenvalue weighted by atomic mass is 10.1. The Balaban J connectivity index is 1.78. The van der Waals surface area contributed by atoms with E-state index in [2.05, 4.69) is 10.5 Å². The molecule has 12 heteroatoms. The van der Waals surface area contributed by atoms with E-state index in [0.717, 1.165) is 11.1 Å². The Hall–Kier alpha value is -4.03. The molecule has 2 aromatic heterocycles. The molecule has 0 saturated carbocycles. The lowest BCUT2D eigenvalue weighted by molar-refractivity contribution is 0.0526. The van der Waals surface area contributed by atoms with Crippen molar-refractivity contribution in [3.05, 3.63) is 87.6 Å². The monoisotopic (exact) mass is 609 g/mol. The SMILES string of the molecule is CCC(c1nc2onc(C)c2c(=O)n1Cc1ccccc1)N(CCCNC(=O)OC(C)(C)C)S(=O)(=O)c1ccc(C)cc1. The van der Waals surface area contributed by atoms with Crippen LogP contribution >= 0.6 is 0 Å². The van der Waals surface area contributed by atoms with Gasteiger partial charge in [0.1, 0.15) is 16.8 Å². The van der Waals surface area contributed by atoms with E-state index in [9.17, 15) is 18.0 Å². The minimum absolute atomic E-state index is 0.0409. The van der Waals surface area contributed by atoms with Gasteiger partial charge in [-0.2, -0.15) is 9.29 Å². The molecule has 0 saturated heterocycles. The van der Waals surface area contributed by atoms with E-state index in [4.69, 9.17) is 14.2 Å². The van der Waals surface area contributed by atoms with Crippen LogP contribution in [0.25, 0.3) is 11.1 Å². The van der Waals surface area contributed by atoms with Crippen molar-refractivity contribution < 1.29 is 22.5 Å². The van der Waals surface area contributed by atoms with Crippen molar-refractivity contribution in [2.75, 3.05) is 13.1 Å².